The molecule has 0 spiro atoms. The van der Waals surface area contributed by atoms with Gasteiger partial charge in [0.05, 0.1) is 6.10 Å². The van der Waals surface area contributed by atoms with Crippen LogP contribution in [0.1, 0.15) is 26.7 Å². The maximum Gasteiger partial charge on any atom is 0.0711 e. The molecule has 2 aliphatic heterocycles. The average Bonchev–Trinajstić information content (AvgIpc) is 2.86. The second kappa shape index (κ2) is 6.85. The predicted molar refractivity (Wildman–Crippen MR) is 75.0 cm³/mol. The first kappa shape index (κ1) is 14.3. The van der Waals surface area contributed by atoms with Gasteiger partial charge in [0.25, 0.3) is 0 Å². The third kappa shape index (κ3) is 3.67. The fraction of sp³-hybridized carbons (Fsp3) is 1.00. The molecule has 0 radical (unpaired) electrons. The zero-order valence-corrected chi connectivity index (χ0v) is 12.2. The summed E-state index contributed by atoms with van der Waals surface area (Å²) in [5, 5.41) is 3.57. The molecule has 2 heterocycles. The summed E-state index contributed by atoms with van der Waals surface area (Å²) in [6.45, 7) is 11.7. The maximum atomic E-state index is 5.40. The SMILES string of the molecule is CCC(C)N1CCN(CC2CC(OC)CN2)CC1. The van der Waals surface area contributed by atoms with Crippen molar-refractivity contribution < 1.29 is 4.74 Å². The van der Waals surface area contributed by atoms with Crippen LogP contribution in [0.2, 0.25) is 0 Å². The smallest absolute Gasteiger partial charge is 0.0711 e. The van der Waals surface area contributed by atoms with Crippen molar-refractivity contribution in [1.82, 2.24) is 15.1 Å². The van der Waals surface area contributed by atoms with Crippen LogP contribution in [0, 0.1) is 0 Å². The number of rotatable bonds is 5. The summed E-state index contributed by atoms with van der Waals surface area (Å²) in [7, 11) is 1.82. The van der Waals surface area contributed by atoms with Crippen LogP contribution >= 0.6 is 0 Å². The largest absolute Gasteiger partial charge is 0.380 e. The first-order chi connectivity index (χ1) is 8.72. The Hall–Kier alpha value is -0.160. The minimum absolute atomic E-state index is 0.427. The molecule has 3 atom stereocenters. The molecule has 0 bridgehead atoms. The van der Waals surface area contributed by atoms with Crippen LogP contribution in [-0.2, 0) is 4.74 Å². The van der Waals surface area contributed by atoms with Gasteiger partial charge in [-0.2, -0.15) is 0 Å². The summed E-state index contributed by atoms with van der Waals surface area (Å²) in [5.41, 5.74) is 0. The summed E-state index contributed by atoms with van der Waals surface area (Å²) >= 11 is 0. The third-order valence-electron chi connectivity index (χ3n) is 4.61. The third-order valence-corrected chi connectivity index (χ3v) is 4.61. The molecule has 0 saturated carbocycles. The molecule has 2 aliphatic rings. The second-order valence-electron chi connectivity index (χ2n) is 5.79. The standard InChI is InChI=1S/C14H29N3O/c1-4-12(2)17-7-5-16(6-8-17)11-13-9-14(18-3)10-15-13/h12-15H,4-11H2,1-3H3. The van der Waals surface area contributed by atoms with Crippen molar-refractivity contribution >= 4 is 0 Å². The fourth-order valence-electron chi connectivity index (χ4n) is 3.06. The van der Waals surface area contributed by atoms with Crippen LogP contribution in [0.15, 0.2) is 0 Å². The number of piperazine rings is 1. The van der Waals surface area contributed by atoms with E-state index >= 15 is 0 Å². The van der Waals surface area contributed by atoms with E-state index in [1.54, 1.807) is 0 Å². The van der Waals surface area contributed by atoms with Crippen LogP contribution in [0.4, 0.5) is 0 Å². The summed E-state index contributed by atoms with van der Waals surface area (Å²) in [4.78, 5) is 5.23. The van der Waals surface area contributed by atoms with Gasteiger partial charge in [-0.1, -0.05) is 6.92 Å². The van der Waals surface area contributed by atoms with E-state index in [0.29, 0.717) is 12.1 Å². The monoisotopic (exact) mass is 255 g/mol. The Kier molecular flexibility index (Phi) is 5.42. The van der Waals surface area contributed by atoms with Crippen molar-refractivity contribution in [2.45, 2.75) is 44.9 Å². The predicted octanol–water partition coefficient (Wildman–Crippen LogP) is 0.779. The van der Waals surface area contributed by atoms with Crippen molar-refractivity contribution in [3.63, 3.8) is 0 Å². The number of hydrogen-bond donors (Lipinski definition) is 1. The van der Waals surface area contributed by atoms with Gasteiger partial charge >= 0.3 is 0 Å². The van der Waals surface area contributed by atoms with E-state index in [0.717, 1.165) is 12.6 Å². The second-order valence-corrected chi connectivity index (χ2v) is 5.79. The Bertz CT molecular complexity index is 241. The van der Waals surface area contributed by atoms with Gasteiger partial charge in [0.2, 0.25) is 0 Å². The van der Waals surface area contributed by atoms with Crippen molar-refractivity contribution in [2.75, 3.05) is 46.4 Å². The first-order valence-corrected chi connectivity index (χ1v) is 7.45. The molecule has 106 valence electrons. The maximum absolute atomic E-state index is 5.40. The molecule has 0 aliphatic carbocycles. The molecule has 2 fully saturated rings. The van der Waals surface area contributed by atoms with E-state index in [-0.39, 0.29) is 0 Å². The number of hydrogen-bond acceptors (Lipinski definition) is 4. The van der Waals surface area contributed by atoms with Crippen molar-refractivity contribution in [2.24, 2.45) is 0 Å². The topological polar surface area (TPSA) is 27.7 Å². The molecule has 2 saturated heterocycles. The summed E-state index contributed by atoms with van der Waals surface area (Å²) in [5.74, 6) is 0. The number of nitrogens with one attached hydrogen (secondary N) is 1. The molecule has 3 unspecified atom stereocenters. The van der Waals surface area contributed by atoms with E-state index in [2.05, 4.69) is 29.0 Å². The Morgan fingerprint density at radius 1 is 1.28 bits per heavy atom. The van der Waals surface area contributed by atoms with Crippen LogP contribution in [0.3, 0.4) is 0 Å². The molecule has 4 nitrogen and oxygen atoms in total. The zero-order valence-electron chi connectivity index (χ0n) is 12.2. The van der Waals surface area contributed by atoms with Gasteiger partial charge in [0, 0.05) is 58.5 Å². The lowest BCUT2D eigenvalue weighted by Gasteiger charge is -2.38. The molecule has 0 aromatic carbocycles. The minimum atomic E-state index is 0.427. The van der Waals surface area contributed by atoms with Crippen molar-refractivity contribution in [3.8, 4) is 0 Å². The molecule has 0 aromatic heterocycles. The lowest BCUT2D eigenvalue weighted by atomic mass is 10.1. The highest BCUT2D eigenvalue weighted by Gasteiger charge is 2.27. The summed E-state index contributed by atoms with van der Waals surface area (Å²) in [6.07, 6.45) is 2.86. The fourth-order valence-corrected chi connectivity index (χ4v) is 3.06. The van der Waals surface area contributed by atoms with E-state index in [1.165, 1.54) is 45.6 Å². The number of methoxy groups -OCH3 is 1. The van der Waals surface area contributed by atoms with E-state index < -0.39 is 0 Å². The molecule has 4 heteroatoms. The molecular formula is C14H29N3O. The molecule has 2 rings (SSSR count). The molecule has 1 N–H and O–H groups in total. The van der Waals surface area contributed by atoms with Gasteiger partial charge in [0.1, 0.15) is 0 Å². The Labute approximate surface area is 112 Å². The normalized spacial score (nSPS) is 32.8. The Morgan fingerprint density at radius 3 is 2.56 bits per heavy atom. The first-order valence-electron chi connectivity index (χ1n) is 7.45. The van der Waals surface area contributed by atoms with Crippen molar-refractivity contribution in [3.05, 3.63) is 0 Å². The van der Waals surface area contributed by atoms with E-state index in [9.17, 15) is 0 Å². The number of nitrogens with zero attached hydrogens (tertiary/aromatic N) is 2. The Morgan fingerprint density at radius 2 is 2.00 bits per heavy atom. The van der Waals surface area contributed by atoms with Gasteiger partial charge in [0.15, 0.2) is 0 Å². The quantitative estimate of drug-likeness (QED) is 0.786. The summed E-state index contributed by atoms with van der Waals surface area (Å²) < 4.78 is 5.40. The van der Waals surface area contributed by atoms with E-state index in [1.807, 2.05) is 7.11 Å². The van der Waals surface area contributed by atoms with E-state index in [4.69, 9.17) is 4.74 Å². The van der Waals surface area contributed by atoms with Crippen LogP contribution in [0.5, 0.6) is 0 Å². The molecular weight excluding hydrogens is 226 g/mol. The lowest BCUT2D eigenvalue weighted by molar-refractivity contribution is 0.0905. The highest BCUT2D eigenvalue weighted by atomic mass is 16.5. The molecule has 18 heavy (non-hydrogen) atoms. The minimum Gasteiger partial charge on any atom is -0.380 e. The Balaban J connectivity index is 1.68. The number of ether oxygens (including phenoxy) is 1. The van der Waals surface area contributed by atoms with Crippen LogP contribution in [0.25, 0.3) is 0 Å². The highest BCUT2D eigenvalue weighted by Crippen LogP contribution is 2.13. The van der Waals surface area contributed by atoms with Gasteiger partial charge in [-0.05, 0) is 19.8 Å². The van der Waals surface area contributed by atoms with Gasteiger partial charge in [-0.15, -0.1) is 0 Å². The summed E-state index contributed by atoms with van der Waals surface area (Å²) in [6, 6.07) is 1.37. The van der Waals surface area contributed by atoms with Gasteiger partial charge in [-0.25, -0.2) is 0 Å². The van der Waals surface area contributed by atoms with Crippen molar-refractivity contribution in [1.29, 1.82) is 0 Å². The average molecular weight is 255 g/mol. The van der Waals surface area contributed by atoms with Crippen LogP contribution in [-0.4, -0.2) is 74.4 Å². The van der Waals surface area contributed by atoms with Gasteiger partial charge in [-0.3, -0.25) is 9.80 Å². The molecule has 0 aromatic rings. The zero-order chi connectivity index (χ0) is 13.0. The van der Waals surface area contributed by atoms with Gasteiger partial charge < -0.3 is 10.1 Å². The molecule has 0 amide bonds. The highest BCUT2D eigenvalue weighted by molar-refractivity contribution is 4.86. The van der Waals surface area contributed by atoms with Crippen LogP contribution < -0.4 is 5.32 Å². The lowest BCUT2D eigenvalue weighted by Crippen LogP contribution is -2.51.